The molecule has 7 heteroatoms. The molecule has 1 aromatic heterocycles. The second-order valence-corrected chi connectivity index (χ2v) is 5.02. The van der Waals surface area contributed by atoms with E-state index in [1.54, 1.807) is 6.07 Å². The zero-order valence-corrected chi connectivity index (χ0v) is 13.0. The van der Waals surface area contributed by atoms with Gasteiger partial charge in [-0.3, -0.25) is 0 Å². The number of alkyl halides is 2. The first-order valence-electron chi connectivity index (χ1n) is 7.10. The Balaban J connectivity index is 1.91. The van der Waals surface area contributed by atoms with Gasteiger partial charge in [-0.15, -0.1) is 10.2 Å². The minimum atomic E-state index is -2.93. The molecule has 0 amide bonds. The Hall–Kier alpha value is -2.96. The quantitative estimate of drug-likeness (QED) is 0.696. The molecule has 124 valence electrons. The van der Waals surface area contributed by atoms with Crippen molar-refractivity contribution >= 4 is 0 Å². The number of nitrogens with zero attached hydrogens (tertiary/aromatic N) is 2. The number of aryl methyl sites for hydroxylation is 1. The third kappa shape index (κ3) is 3.34. The maximum absolute atomic E-state index is 12.4. The van der Waals surface area contributed by atoms with Gasteiger partial charge in [-0.25, -0.2) is 0 Å². The summed E-state index contributed by atoms with van der Waals surface area (Å²) < 4.78 is 39.8. The van der Waals surface area contributed by atoms with E-state index in [0.717, 1.165) is 11.1 Å². The summed E-state index contributed by atoms with van der Waals surface area (Å²) in [5.74, 6) is 0.724. The van der Waals surface area contributed by atoms with Crippen LogP contribution in [0.4, 0.5) is 8.78 Å². The number of hydrogen-bond donors (Lipinski definition) is 0. The van der Waals surface area contributed by atoms with Crippen molar-refractivity contribution in [3.8, 4) is 34.4 Å². The van der Waals surface area contributed by atoms with Gasteiger partial charge in [0.05, 0.1) is 7.11 Å². The zero-order valence-electron chi connectivity index (χ0n) is 13.0. The van der Waals surface area contributed by atoms with Crippen molar-refractivity contribution in [2.24, 2.45) is 0 Å². The maximum atomic E-state index is 12.4. The van der Waals surface area contributed by atoms with Gasteiger partial charge in [-0.05, 0) is 37.3 Å². The van der Waals surface area contributed by atoms with Crippen LogP contribution in [0.5, 0.6) is 11.5 Å². The monoisotopic (exact) mass is 332 g/mol. The molecule has 0 spiro atoms. The zero-order chi connectivity index (χ0) is 17.1. The van der Waals surface area contributed by atoms with Crippen molar-refractivity contribution in [3.63, 3.8) is 0 Å². The number of benzene rings is 2. The van der Waals surface area contributed by atoms with E-state index in [1.165, 1.54) is 19.2 Å². The van der Waals surface area contributed by atoms with E-state index in [9.17, 15) is 8.78 Å². The van der Waals surface area contributed by atoms with Gasteiger partial charge in [0.25, 0.3) is 0 Å². The van der Waals surface area contributed by atoms with Gasteiger partial charge < -0.3 is 13.9 Å². The van der Waals surface area contributed by atoms with E-state index in [-0.39, 0.29) is 17.4 Å². The third-order valence-corrected chi connectivity index (χ3v) is 3.35. The number of rotatable bonds is 5. The normalized spacial score (nSPS) is 10.9. The summed E-state index contributed by atoms with van der Waals surface area (Å²) in [6, 6.07) is 12.1. The summed E-state index contributed by atoms with van der Waals surface area (Å²) >= 11 is 0. The molecule has 0 aliphatic carbocycles. The summed E-state index contributed by atoms with van der Waals surface area (Å²) in [5, 5.41) is 8.00. The smallest absolute Gasteiger partial charge is 0.387 e. The van der Waals surface area contributed by atoms with Crippen LogP contribution in [0.15, 0.2) is 46.9 Å². The van der Waals surface area contributed by atoms with Gasteiger partial charge in [0.2, 0.25) is 11.8 Å². The van der Waals surface area contributed by atoms with E-state index in [4.69, 9.17) is 9.15 Å². The van der Waals surface area contributed by atoms with Crippen LogP contribution in [0.2, 0.25) is 0 Å². The molecule has 0 unspecified atom stereocenters. The molecule has 0 fully saturated rings. The standard InChI is InChI=1S/C17H14F2N2O3/c1-10-3-5-11(6-4-10)15-20-21-16(24-15)12-7-8-13(23-17(18)19)14(9-12)22-2/h3-9,17H,1-2H3. The average molecular weight is 332 g/mol. The van der Waals surface area contributed by atoms with Gasteiger partial charge in [-0.1, -0.05) is 17.7 Å². The van der Waals surface area contributed by atoms with Gasteiger partial charge >= 0.3 is 6.61 Å². The highest BCUT2D eigenvalue weighted by atomic mass is 19.3. The van der Waals surface area contributed by atoms with Crippen molar-refractivity contribution in [1.29, 1.82) is 0 Å². The number of aromatic nitrogens is 2. The summed E-state index contributed by atoms with van der Waals surface area (Å²) in [7, 11) is 1.36. The molecule has 0 saturated heterocycles. The van der Waals surface area contributed by atoms with E-state index in [1.807, 2.05) is 31.2 Å². The van der Waals surface area contributed by atoms with Crippen molar-refractivity contribution in [2.45, 2.75) is 13.5 Å². The third-order valence-electron chi connectivity index (χ3n) is 3.35. The van der Waals surface area contributed by atoms with E-state index < -0.39 is 6.61 Å². The molecule has 24 heavy (non-hydrogen) atoms. The first-order chi connectivity index (χ1) is 11.6. The minimum Gasteiger partial charge on any atom is -0.493 e. The largest absolute Gasteiger partial charge is 0.493 e. The van der Waals surface area contributed by atoms with Crippen LogP contribution in [0.25, 0.3) is 22.9 Å². The number of ether oxygens (including phenoxy) is 2. The molecule has 0 saturated carbocycles. The maximum Gasteiger partial charge on any atom is 0.387 e. The highest BCUT2D eigenvalue weighted by molar-refractivity contribution is 5.62. The lowest BCUT2D eigenvalue weighted by Crippen LogP contribution is -2.03. The van der Waals surface area contributed by atoms with Crippen LogP contribution in [0, 0.1) is 6.92 Å². The van der Waals surface area contributed by atoms with Crippen LogP contribution < -0.4 is 9.47 Å². The fraction of sp³-hybridized carbons (Fsp3) is 0.176. The van der Waals surface area contributed by atoms with Gasteiger partial charge in [0, 0.05) is 11.1 Å². The van der Waals surface area contributed by atoms with Crippen LogP contribution in [-0.4, -0.2) is 23.9 Å². The highest BCUT2D eigenvalue weighted by Crippen LogP contribution is 2.33. The predicted molar refractivity (Wildman–Crippen MR) is 83.1 cm³/mol. The molecule has 3 aromatic rings. The summed E-state index contributed by atoms with van der Waals surface area (Å²) in [6.07, 6.45) is 0. The Morgan fingerprint density at radius 3 is 2.17 bits per heavy atom. The fourth-order valence-corrected chi connectivity index (χ4v) is 2.15. The summed E-state index contributed by atoms with van der Waals surface area (Å²) in [6.45, 7) is -0.945. The Kier molecular flexibility index (Phi) is 4.41. The summed E-state index contributed by atoms with van der Waals surface area (Å²) in [4.78, 5) is 0. The van der Waals surface area contributed by atoms with Crippen LogP contribution in [0.3, 0.4) is 0 Å². The Morgan fingerprint density at radius 1 is 0.917 bits per heavy atom. The van der Waals surface area contributed by atoms with E-state index in [0.29, 0.717) is 11.5 Å². The lowest BCUT2D eigenvalue weighted by Gasteiger charge is -2.10. The molecule has 3 rings (SSSR count). The molecule has 5 nitrogen and oxygen atoms in total. The molecule has 0 bridgehead atoms. The van der Waals surface area contributed by atoms with E-state index >= 15 is 0 Å². The topological polar surface area (TPSA) is 57.4 Å². The second kappa shape index (κ2) is 6.66. The minimum absolute atomic E-state index is 0.0606. The molecular weight excluding hydrogens is 318 g/mol. The van der Waals surface area contributed by atoms with Crippen molar-refractivity contribution in [2.75, 3.05) is 7.11 Å². The number of methoxy groups -OCH3 is 1. The SMILES string of the molecule is COc1cc(-c2nnc(-c3ccc(C)cc3)o2)ccc1OC(F)F. The number of hydrogen-bond acceptors (Lipinski definition) is 5. The van der Waals surface area contributed by atoms with Gasteiger partial charge in [0.15, 0.2) is 11.5 Å². The summed E-state index contributed by atoms with van der Waals surface area (Å²) in [5.41, 5.74) is 2.46. The molecular formula is C17H14F2N2O3. The van der Waals surface area contributed by atoms with Crippen molar-refractivity contribution in [1.82, 2.24) is 10.2 Å². The Bertz CT molecular complexity index is 832. The molecule has 1 heterocycles. The predicted octanol–water partition coefficient (Wildman–Crippen LogP) is 4.32. The molecule has 2 aromatic carbocycles. The van der Waals surface area contributed by atoms with Gasteiger partial charge in [0.1, 0.15) is 0 Å². The molecule has 0 radical (unpaired) electrons. The first-order valence-corrected chi connectivity index (χ1v) is 7.10. The average Bonchev–Trinajstić information content (AvgIpc) is 3.05. The Labute approximate surface area is 136 Å². The molecule has 0 aliphatic heterocycles. The molecule has 0 N–H and O–H groups in total. The highest BCUT2D eigenvalue weighted by Gasteiger charge is 2.15. The number of halogens is 2. The van der Waals surface area contributed by atoms with E-state index in [2.05, 4.69) is 14.9 Å². The first kappa shape index (κ1) is 15.9. The van der Waals surface area contributed by atoms with Crippen LogP contribution in [0.1, 0.15) is 5.56 Å². The molecule has 0 aliphatic rings. The second-order valence-electron chi connectivity index (χ2n) is 5.02. The lowest BCUT2D eigenvalue weighted by molar-refractivity contribution is -0.0512. The van der Waals surface area contributed by atoms with Crippen LogP contribution in [-0.2, 0) is 0 Å². The van der Waals surface area contributed by atoms with Gasteiger partial charge in [-0.2, -0.15) is 8.78 Å². The van der Waals surface area contributed by atoms with Crippen molar-refractivity contribution < 1.29 is 22.7 Å². The fourth-order valence-electron chi connectivity index (χ4n) is 2.15. The Morgan fingerprint density at radius 2 is 1.54 bits per heavy atom. The van der Waals surface area contributed by atoms with Crippen molar-refractivity contribution in [3.05, 3.63) is 48.0 Å². The van der Waals surface area contributed by atoms with Crippen LogP contribution >= 0.6 is 0 Å². The molecule has 0 atom stereocenters. The lowest BCUT2D eigenvalue weighted by atomic mass is 10.1.